The number of benzene rings is 2. The van der Waals surface area contributed by atoms with Crippen LogP contribution in [0.15, 0.2) is 48.7 Å². The van der Waals surface area contributed by atoms with Crippen molar-refractivity contribution in [3.63, 3.8) is 0 Å². The lowest BCUT2D eigenvalue weighted by Gasteiger charge is -2.07. The zero-order chi connectivity index (χ0) is 23.8. The first kappa shape index (κ1) is 26.4. The summed E-state index contributed by atoms with van der Waals surface area (Å²) in [6.07, 6.45) is 23.3. The van der Waals surface area contributed by atoms with Crippen LogP contribution in [-0.2, 0) is 12.8 Å². The molecule has 0 bridgehead atoms. The second-order valence-electron chi connectivity index (χ2n) is 10.0. The quantitative estimate of drug-likeness (QED) is 0.188. The Labute approximate surface area is 208 Å². The highest BCUT2D eigenvalue weighted by Gasteiger charge is 2.05. The summed E-state index contributed by atoms with van der Waals surface area (Å²) in [5.74, 6) is 0. The highest BCUT2D eigenvalue weighted by molar-refractivity contribution is 5.77. The zero-order valence-corrected chi connectivity index (χ0v) is 21.8. The topological polar surface area (TPSA) is 25.8 Å². The van der Waals surface area contributed by atoms with E-state index >= 15 is 0 Å². The number of aryl methyl sites for hydroxylation is 2. The van der Waals surface area contributed by atoms with Gasteiger partial charge in [-0.2, -0.15) is 0 Å². The molecule has 1 heterocycles. The van der Waals surface area contributed by atoms with Crippen molar-refractivity contribution in [3.8, 4) is 11.3 Å². The Morgan fingerprint density at radius 1 is 0.529 bits per heavy atom. The van der Waals surface area contributed by atoms with Crippen LogP contribution in [0.2, 0.25) is 0 Å². The molecule has 1 aromatic heterocycles. The molecule has 0 radical (unpaired) electrons. The van der Waals surface area contributed by atoms with Gasteiger partial charge in [-0.05, 0) is 48.9 Å². The van der Waals surface area contributed by atoms with Crippen LogP contribution < -0.4 is 0 Å². The van der Waals surface area contributed by atoms with Crippen molar-refractivity contribution in [2.45, 2.75) is 117 Å². The summed E-state index contributed by atoms with van der Waals surface area (Å²) in [4.78, 5) is 9.64. The average Bonchev–Trinajstić information content (AvgIpc) is 2.88. The Morgan fingerprint density at radius 3 is 1.68 bits per heavy atom. The molecule has 0 N–H and O–H groups in total. The van der Waals surface area contributed by atoms with Crippen molar-refractivity contribution >= 4 is 11.0 Å². The van der Waals surface area contributed by atoms with E-state index in [9.17, 15) is 0 Å². The van der Waals surface area contributed by atoms with E-state index in [2.05, 4.69) is 56.3 Å². The molecule has 0 saturated carbocycles. The Hall–Kier alpha value is -2.22. The van der Waals surface area contributed by atoms with Crippen LogP contribution in [0.1, 0.15) is 115 Å². The molecule has 0 saturated heterocycles. The molecule has 0 aliphatic carbocycles. The van der Waals surface area contributed by atoms with Crippen LogP contribution in [0.25, 0.3) is 22.3 Å². The first-order valence-corrected chi connectivity index (χ1v) is 14.1. The summed E-state index contributed by atoms with van der Waals surface area (Å²) >= 11 is 0. The fourth-order valence-corrected chi connectivity index (χ4v) is 4.77. The van der Waals surface area contributed by atoms with Gasteiger partial charge in [0.2, 0.25) is 0 Å². The number of hydrogen-bond acceptors (Lipinski definition) is 2. The Kier molecular flexibility index (Phi) is 12.1. The molecule has 3 rings (SSSR count). The third-order valence-electron chi connectivity index (χ3n) is 6.99. The molecule has 3 aromatic rings. The zero-order valence-electron chi connectivity index (χ0n) is 21.8. The maximum absolute atomic E-state index is 4.90. The van der Waals surface area contributed by atoms with Crippen LogP contribution in [0.5, 0.6) is 0 Å². The van der Waals surface area contributed by atoms with Gasteiger partial charge in [0.05, 0.1) is 22.9 Å². The third kappa shape index (κ3) is 9.20. The normalized spacial score (nSPS) is 11.4. The van der Waals surface area contributed by atoms with Gasteiger partial charge >= 0.3 is 0 Å². The van der Waals surface area contributed by atoms with Crippen LogP contribution in [0.4, 0.5) is 0 Å². The average molecular weight is 459 g/mol. The fraction of sp³-hybridized carbons (Fsp3) is 0.562. The Balaban J connectivity index is 1.45. The lowest BCUT2D eigenvalue weighted by molar-refractivity contribution is 0.575. The third-order valence-corrected chi connectivity index (χ3v) is 6.99. The van der Waals surface area contributed by atoms with Gasteiger partial charge in [-0.3, -0.25) is 4.98 Å². The molecule has 2 heteroatoms. The molecule has 184 valence electrons. The van der Waals surface area contributed by atoms with Crippen LogP contribution in [-0.4, -0.2) is 9.97 Å². The molecular weight excluding hydrogens is 412 g/mol. The van der Waals surface area contributed by atoms with Crippen molar-refractivity contribution in [3.05, 3.63) is 59.8 Å². The number of unbranched alkanes of at least 4 members (excludes halogenated alkanes) is 12. The van der Waals surface area contributed by atoms with Gasteiger partial charge in [0, 0.05) is 5.56 Å². The van der Waals surface area contributed by atoms with Gasteiger partial charge in [0.15, 0.2) is 0 Å². The number of fused-ring (bicyclic) bond motifs is 1. The molecular formula is C32H46N2. The van der Waals surface area contributed by atoms with Gasteiger partial charge in [-0.15, -0.1) is 0 Å². The van der Waals surface area contributed by atoms with Gasteiger partial charge in [0.1, 0.15) is 0 Å². The molecule has 0 atom stereocenters. The number of rotatable bonds is 17. The monoisotopic (exact) mass is 458 g/mol. The molecule has 0 spiro atoms. The fourth-order valence-electron chi connectivity index (χ4n) is 4.77. The summed E-state index contributed by atoms with van der Waals surface area (Å²) in [5.41, 5.74) is 6.95. The van der Waals surface area contributed by atoms with Gasteiger partial charge in [-0.25, -0.2) is 4.98 Å². The summed E-state index contributed by atoms with van der Waals surface area (Å²) < 4.78 is 0. The van der Waals surface area contributed by atoms with Crippen LogP contribution in [0.3, 0.4) is 0 Å². The van der Waals surface area contributed by atoms with Crippen molar-refractivity contribution in [1.82, 2.24) is 9.97 Å². The Bertz CT molecular complexity index is 945. The molecule has 0 unspecified atom stereocenters. The molecule has 2 aromatic carbocycles. The van der Waals surface area contributed by atoms with E-state index in [1.54, 1.807) is 0 Å². The lowest BCUT2D eigenvalue weighted by atomic mass is 10.0. The van der Waals surface area contributed by atoms with E-state index in [4.69, 9.17) is 9.97 Å². The minimum atomic E-state index is 0.967. The summed E-state index contributed by atoms with van der Waals surface area (Å²) in [5, 5.41) is 0. The predicted octanol–water partition coefficient (Wildman–Crippen LogP) is 9.88. The number of aromatic nitrogens is 2. The van der Waals surface area contributed by atoms with E-state index in [1.807, 2.05) is 6.20 Å². The first-order chi connectivity index (χ1) is 16.8. The standard InChI is InChI=1S/C32H46N2/c1-3-5-7-9-11-12-14-15-17-27-19-22-29(23-20-27)32-26-33-31-25-28(21-24-30(31)34-32)18-16-13-10-8-6-4-2/h19-26H,3-18H2,1-2H3. The van der Waals surface area contributed by atoms with Crippen molar-refractivity contribution < 1.29 is 0 Å². The molecule has 0 aliphatic heterocycles. The van der Waals surface area contributed by atoms with Crippen LogP contribution in [0, 0.1) is 0 Å². The lowest BCUT2D eigenvalue weighted by Crippen LogP contribution is -1.92. The van der Waals surface area contributed by atoms with E-state index in [0.717, 1.165) is 28.7 Å². The second kappa shape index (κ2) is 15.6. The van der Waals surface area contributed by atoms with Crippen molar-refractivity contribution in [2.75, 3.05) is 0 Å². The van der Waals surface area contributed by atoms with Gasteiger partial charge < -0.3 is 0 Å². The van der Waals surface area contributed by atoms with E-state index < -0.39 is 0 Å². The minimum absolute atomic E-state index is 0.967. The molecule has 0 amide bonds. The van der Waals surface area contributed by atoms with E-state index in [1.165, 1.54) is 107 Å². The number of hydrogen-bond donors (Lipinski definition) is 0. The molecule has 0 fully saturated rings. The van der Waals surface area contributed by atoms with Crippen molar-refractivity contribution in [2.24, 2.45) is 0 Å². The van der Waals surface area contributed by atoms with E-state index in [0.29, 0.717) is 0 Å². The van der Waals surface area contributed by atoms with Gasteiger partial charge in [0.25, 0.3) is 0 Å². The Morgan fingerprint density at radius 2 is 1.06 bits per heavy atom. The summed E-state index contributed by atoms with van der Waals surface area (Å²) in [7, 11) is 0. The first-order valence-electron chi connectivity index (χ1n) is 14.1. The largest absolute Gasteiger partial charge is 0.252 e. The van der Waals surface area contributed by atoms with Gasteiger partial charge in [-0.1, -0.05) is 121 Å². The molecule has 2 nitrogen and oxygen atoms in total. The predicted molar refractivity (Wildman–Crippen MR) is 148 cm³/mol. The maximum Gasteiger partial charge on any atom is 0.0894 e. The highest BCUT2D eigenvalue weighted by Crippen LogP contribution is 2.22. The SMILES string of the molecule is CCCCCCCCCCc1ccc(-c2cnc3cc(CCCCCCCC)ccc3n2)cc1. The second-order valence-corrected chi connectivity index (χ2v) is 10.0. The van der Waals surface area contributed by atoms with Crippen LogP contribution >= 0.6 is 0 Å². The minimum Gasteiger partial charge on any atom is -0.252 e. The maximum atomic E-state index is 4.90. The number of nitrogens with zero attached hydrogens (tertiary/aromatic N) is 2. The van der Waals surface area contributed by atoms with Crippen molar-refractivity contribution in [1.29, 1.82) is 0 Å². The summed E-state index contributed by atoms with van der Waals surface area (Å²) in [6.45, 7) is 4.56. The molecule has 34 heavy (non-hydrogen) atoms. The molecule has 0 aliphatic rings. The smallest absolute Gasteiger partial charge is 0.0894 e. The summed E-state index contributed by atoms with van der Waals surface area (Å²) in [6, 6.07) is 15.6. The highest BCUT2D eigenvalue weighted by atomic mass is 14.8. The van der Waals surface area contributed by atoms with E-state index in [-0.39, 0.29) is 0 Å².